The van der Waals surface area contributed by atoms with Gasteiger partial charge in [0.05, 0.1) is 10.6 Å². The molecule has 88 valence electrons. The van der Waals surface area contributed by atoms with Gasteiger partial charge in [-0.2, -0.15) is 0 Å². The Balaban J connectivity index is 2.94. The third kappa shape index (κ3) is 3.27. The van der Waals surface area contributed by atoms with Crippen molar-refractivity contribution in [3.8, 4) is 0 Å². The van der Waals surface area contributed by atoms with Crippen molar-refractivity contribution in [2.24, 2.45) is 0 Å². The normalized spacial score (nSPS) is 10.2. The quantitative estimate of drug-likeness (QED) is 0.770. The standard InChI is InChI=1S/C11H12Cl3NO/c1-2-15(6-5-12)11(16)9-4-3-8(13)7-10(9)14/h3-4,7H,2,5-6H2,1H3. The van der Waals surface area contributed by atoms with Crippen LogP contribution in [0.4, 0.5) is 0 Å². The van der Waals surface area contributed by atoms with Gasteiger partial charge in [0.25, 0.3) is 5.91 Å². The maximum atomic E-state index is 12.0. The minimum Gasteiger partial charge on any atom is -0.338 e. The van der Waals surface area contributed by atoms with Gasteiger partial charge in [-0.25, -0.2) is 0 Å². The van der Waals surface area contributed by atoms with Gasteiger partial charge in [0.1, 0.15) is 0 Å². The molecular weight excluding hydrogens is 268 g/mol. The fourth-order valence-electron chi connectivity index (χ4n) is 1.34. The van der Waals surface area contributed by atoms with E-state index in [4.69, 9.17) is 34.8 Å². The Hall–Kier alpha value is -0.440. The maximum absolute atomic E-state index is 12.0. The highest BCUT2D eigenvalue weighted by Gasteiger charge is 2.16. The molecule has 0 fully saturated rings. The number of carbonyl (C=O) groups excluding carboxylic acids is 1. The monoisotopic (exact) mass is 279 g/mol. The number of hydrogen-bond acceptors (Lipinski definition) is 1. The molecule has 1 amide bonds. The second-order valence-corrected chi connectivity index (χ2v) is 4.42. The predicted molar refractivity (Wildman–Crippen MR) is 68.8 cm³/mol. The molecule has 0 aliphatic heterocycles. The first-order valence-electron chi connectivity index (χ1n) is 4.90. The Bertz CT molecular complexity index is 381. The van der Waals surface area contributed by atoms with E-state index in [9.17, 15) is 4.79 Å². The van der Waals surface area contributed by atoms with E-state index in [1.54, 1.807) is 23.1 Å². The Morgan fingerprint density at radius 2 is 2.06 bits per heavy atom. The van der Waals surface area contributed by atoms with Crippen molar-refractivity contribution in [3.05, 3.63) is 33.8 Å². The molecule has 0 unspecified atom stereocenters. The van der Waals surface area contributed by atoms with E-state index >= 15 is 0 Å². The number of benzene rings is 1. The summed E-state index contributed by atoms with van der Waals surface area (Å²) in [6.07, 6.45) is 0. The van der Waals surface area contributed by atoms with Crippen LogP contribution in [0.15, 0.2) is 18.2 Å². The number of nitrogens with zero attached hydrogens (tertiary/aromatic N) is 1. The second kappa shape index (κ2) is 6.33. The lowest BCUT2D eigenvalue weighted by atomic mass is 10.2. The van der Waals surface area contributed by atoms with Gasteiger partial charge in [-0.1, -0.05) is 23.2 Å². The number of alkyl halides is 1. The van der Waals surface area contributed by atoms with Gasteiger partial charge in [-0.05, 0) is 25.1 Å². The van der Waals surface area contributed by atoms with Gasteiger partial charge in [-0.3, -0.25) is 4.79 Å². The summed E-state index contributed by atoms with van der Waals surface area (Å²) in [4.78, 5) is 13.7. The summed E-state index contributed by atoms with van der Waals surface area (Å²) in [6.45, 7) is 3.01. The highest BCUT2D eigenvalue weighted by molar-refractivity contribution is 6.36. The molecule has 0 bridgehead atoms. The molecule has 0 saturated heterocycles. The average Bonchev–Trinajstić information content (AvgIpc) is 2.25. The lowest BCUT2D eigenvalue weighted by Gasteiger charge is -2.20. The molecule has 0 aliphatic rings. The van der Waals surface area contributed by atoms with Crippen LogP contribution in [0.3, 0.4) is 0 Å². The summed E-state index contributed by atoms with van der Waals surface area (Å²) >= 11 is 17.4. The summed E-state index contributed by atoms with van der Waals surface area (Å²) in [5, 5.41) is 0.882. The Labute approximate surface area is 110 Å². The molecule has 0 aromatic heterocycles. The molecule has 16 heavy (non-hydrogen) atoms. The average molecular weight is 281 g/mol. The molecule has 1 rings (SSSR count). The van der Waals surface area contributed by atoms with Crippen LogP contribution in [0.5, 0.6) is 0 Å². The largest absolute Gasteiger partial charge is 0.338 e. The summed E-state index contributed by atoms with van der Waals surface area (Å²) in [5.74, 6) is 0.287. The highest BCUT2D eigenvalue weighted by Crippen LogP contribution is 2.22. The molecule has 0 aliphatic carbocycles. The van der Waals surface area contributed by atoms with Crippen molar-refractivity contribution < 1.29 is 4.79 Å². The first-order valence-corrected chi connectivity index (χ1v) is 6.19. The second-order valence-electron chi connectivity index (χ2n) is 3.20. The summed E-state index contributed by atoms with van der Waals surface area (Å²) in [5.41, 5.74) is 0.457. The van der Waals surface area contributed by atoms with Crippen molar-refractivity contribution in [2.75, 3.05) is 19.0 Å². The molecule has 1 aromatic carbocycles. The topological polar surface area (TPSA) is 20.3 Å². The van der Waals surface area contributed by atoms with Crippen LogP contribution < -0.4 is 0 Å². The summed E-state index contributed by atoms with van der Waals surface area (Å²) < 4.78 is 0. The van der Waals surface area contributed by atoms with Crippen LogP contribution in [-0.2, 0) is 0 Å². The van der Waals surface area contributed by atoms with Gasteiger partial charge in [0, 0.05) is 24.0 Å². The lowest BCUT2D eigenvalue weighted by Crippen LogP contribution is -2.32. The van der Waals surface area contributed by atoms with Gasteiger partial charge in [-0.15, -0.1) is 11.6 Å². The van der Waals surface area contributed by atoms with E-state index in [0.717, 1.165) is 0 Å². The van der Waals surface area contributed by atoms with E-state index in [1.165, 1.54) is 0 Å². The number of carbonyl (C=O) groups is 1. The Morgan fingerprint density at radius 3 is 2.56 bits per heavy atom. The number of halogens is 3. The summed E-state index contributed by atoms with van der Waals surface area (Å²) in [7, 11) is 0. The first kappa shape index (κ1) is 13.6. The van der Waals surface area contributed by atoms with Crippen LogP contribution >= 0.6 is 34.8 Å². The maximum Gasteiger partial charge on any atom is 0.255 e. The van der Waals surface area contributed by atoms with Gasteiger partial charge in [0.2, 0.25) is 0 Å². The van der Waals surface area contributed by atoms with Crippen molar-refractivity contribution >= 4 is 40.7 Å². The Morgan fingerprint density at radius 1 is 1.38 bits per heavy atom. The fraction of sp³-hybridized carbons (Fsp3) is 0.364. The minimum absolute atomic E-state index is 0.121. The van der Waals surface area contributed by atoms with E-state index in [-0.39, 0.29) is 5.91 Å². The van der Waals surface area contributed by atoms with Crippen LogP contribution in [0, 0.1) is 0 Å². The zero-order valence-corrected chi connectivity index (χ0v) is 11.1. The molecule has 0 N–H and O–H groups in total. The summed E-state index contributed by atoms with van der Waals surface area (Å²) in [6, 6.07) is 4.84. The molecule has 5 heteroatoms. The van der Waals surface area contributed by atoms with E-state index < -0.39 is 0 Å². The number of rotatable bonds is 4. The van der Waals surface area contributed by atoms with Crippen molar-refractivity contribution in [1.82, 2.24) is 4.90 Å². The zero-order valence-electron chi connectivity index (χ0n) is 8.84. The van der Waals surface area contributed by atoms with E-state index in [0.29, 0.717) is 34.6 Å². The molecular formula is C11H12Cl3NO. The third-order valence-corrected chi connectivity index (χ3v) is 2.90. The fourth-order valence-corrected chi connectivity index (χ4v) is 2.03. The van der Waals surface area contributed by atoms with Crippen LogP contribution in [0.25, 0.3) is 0 Å². The molecule has 0 heterocycles. The number of hydrogen-bond donors (Lipinski definition) is 0. The SMILES string of the molecule is CCN(CCCl)C(=O)c1ccc(Cl)cc1Cl. The zero-order chi connectivity index (χ0) is 12.1. The lowest BCUT2D eigenvalue weighted by molar-refractivity contribution is 0.0774. The first-order chi connectivity index (χ1) is 7.60. The van der Waals surface area contributed by atoms with Crippen molar-refractivity contribution in [3.63, 3.8) is 0 Å². The van der Waals surface area contributed by atoms with Gasteiger partial charge < -0.3 is 4.90 Å². The van der Waals surface area contributed by atoms with Crippen LogP contribution in [0.2, 0.25) is 10.0 Å². The predicted octanol–water partition coefficient (Wildman–Crippen LogP) is 3.69. The van der Waals surface area contributed by atoms with Crippen LogP contribution in [-0.4, -0.2) is 29.8 Å². The Kier molecular flexibility index (Phi) is 5.39. The van der Waals surface area contributed by atoms with Crippen molar-refractivity contribution in [1.29, 1.82) is 0 Å². The molecule has 0 spiro atoms. The third-order valence-electron chi connectivity index (χ3n) is 2.18. The van der Waals surface area contributed by atoms with Gasteiger partial charge >= 0.3 is 0 Å². The highest BCUT2D eigenvalue weighted by atomic mass is 35.5. The number of amides is 1. The molecule has 2 nitrogen and oxygen atoms in total. The van der Waals surface area contributed by atoms with E-state index in [1.807, 2.05) is 6.92 Å². The molecule has 0 saturated carbocycles. The minimum atomic E-state index is -0.121. The molecule has 0 atom stereocenters. The molecule has 1 aromatic rings. The molecule has 0 radical (unpaired) electrons. The van der Waals surface area contributed by atoms with Gasteiger partial charge in [0.15, 0.2) is 0 Å². The van der Waals surface area contributed by atoms with Crippen LogP contribution in [0.1, 0.15) is 17.3 Å². The van der Waals surface area contributed by atoms with Crippen molar-refractivity contribution in [2.45, 2.75) is 6.92 Å². The van der Waals surface area contributed by atoms with E-state index in [2.05, 4.69) is 0 Å². The smallest absolute Gasteiger partial charge is 0.255 e.